The predicted molar refractivity (Wildman–Crippen MR) is 95.3 cm³/mol. The van der Waals surface area contributed by atoms with Crippen LogP contribution in [-0.2, 0) is 6.42 Å². The molecule has 0 aliphatic heterocycles. The van der Waals surface area contributed by atoms with Gasteiger partial charge in [0.1, 0.15) is 0 Å². The first-order valence-electron chi connectivity index (χ1n) is 8.37. The van der Waals surface area contributed by atoms with Crippen LogP contribution < -0.4 is 24.3 Å². The van der Waals surface area contributed by atoms with Crippen molar-refractivity contribution in [2.45, 2.75) is 19.6 Å². The Bertz CT molecular complexity index is 832. The van der Waals surface area contributed by atoms with Crippen LogP contribution in [0.1, 0.15) is 15.9 Å². The van der Waals surface area contributed by atoms with E-state index >= 15 is 0 Å². The van der Waals surface area contributed by atoms with E-state index in [1.54, 1.807) is 6.07 Å². The van der Waals surface area contributed by atoms with Gasteiger partial charge in [-0.05, 0) is 36.2 Å². The van der Waals surface area contributed by atoms with Gasteiger partial charge in [-0.25, -0.2) is 0 Å². The van der Waals surface area contributed by atoms with Gasteiger partial charge in [-0.2, -0.15) is 17.6 Å². The summed E-state index contributed by atoms with van der Waals surface area (Å²) in [4.78, 5) is 12.4. The second-order valence-electron chi connectivity index (χ2n) is 5.59. The molecule has 2 rings (SSSR count). The lowest BCUT2D eigenvalue weighted by molar-refractivity contribution is -0.0520. The first kappa shape index (κ1) is 22.1. The van der Waals surface area contributed by atoms with E-state index in [1.807, 2.05) is 0 Å². The minimum absolute atomic E-state index is 0.0121. The van der Waals surface area contributed by atoms with E-state index in [9.17, 15) is 22.4 Å². The normalized spacial score (nSPS) is 10.8. The summed E-state index contributed by atoms with van der Waals surface area (Å²) < 4.78 is 69.0. The van der Waals surface area contributed by atoms with Crippen LogP contribution in [0.2, 0.25) is 0 Å². The zero-order chi connectivity index (χ0) is 21.4. The molecule has 29 heavy (non-hydrogen) atoms. The van der Waals surface area contributed by atoms with E-state index in [2.05, 4.69) is 14.8 Å². The summed E-state index contributed by atoms with van der Waals surface area (Å²) in [6, 6.07) is 8.62. The number of hydrogen-bond acceptors (Lipinski definition) is 5. The molecule has 0 fully saturated rings. The standard InChI is InChI=1S/C19H19F4NO5/c1-26-13-7-6-11(10-15(13)28-18(20)21)8-9-24-17(25)12-4-3-5-14(27-2)16(12)29-19(22)23/h3-7,10,18-19H,8-9H2,1-2H3,(H,24,25). The quantitative estimate of drug-likeness (QED) is 0.595. The van der Waals surface area contributed by atoms with Crippen molar-refractivity contribution in [1.82, 2.24) is 5.32 Å². The molecule has 2 aromatic rings. The van der Waals surface area contributed by atoms with Crippen molar-refractivity contribution in [2.75, 3.05) is 20.8 Å². The lowest BCUT2D eigenvalue weighted by Gasteiger charge is -2.14. The molecular weight excluding hydrogens is 398 g/mol. The molecule has 0 aromatic heterocycles. The molecule has 1 N–H and O–H groups in total. The zero-order valence-corrected chi connectivity index (χ0v) is 15.6. The highest BCUT2D eigenvalue weighted by Crippen LogP contribution is 2.32. The second-order valence-corrected chi connectivity index (χ2v) is 5.59. The van der Waals surface area contributed by atoms with Gasteiger partial charge in [0.15, 0.2) is 23.0 Å². The van der Waals surface area contributed by atoms with E-state index in [-0.39, 0.29) is 41.5 Å². The van der Waals surface area contributed by atoms with Crippen molar-refractivity contribution in [3.8, 4) is 23.0 Å². The van der Waals surface area contributed by atoms with Crippen LogP contribution in [-0.4, -0.2) is 39.9 Å². The molecule has 158 valence electrons. The Balaban J connectivity index is 2.07. The third kappa shape index (κ3) is 6.16. The molecule has 0 aliphatic carbocycles. The van der Waals surface area contributed by atoms with E-state index < -0.39 is 19.1 Å². The number of rotatable bonds is 10. The van der Waals surface area contributed by atoms with Crippen molar-refractivity contribution < 1.29 is 41.3 Å². The fourth-order valence-corrected chi connectivity index (χ4v) is 2.55. The maximum absolute atomic E-state index is 12.7. The van der Waals surface area contributed by atoms with Crippen molar-refractivity contribution in [1.29, 1.82) is 0 Å². The predicted octanol–water partition coefficient (Wildman–Crippen LogP) is 3.88. The minimum Gasteiger partial charge on any atom is -0.493 e. The molecule has 0 saturated heterocycles. The van der Waals surface area contributed by atoms with E-state index in [0.717, 1.165) is 0 Å². The number of halogens is 4. The van der Waals surface area contributed by atoms with Crippen LogP contribution in [0.5, 0.6) is 23.0 Å². The maximum atomic E-state index is 12.7. The van der Waals surface area contributed by atoms with Gasteiger partial charge in [0.25, 0.3) is 5.91 Å². The zero-order valence-electron chi connectivity index (χ0n) is 15.6. The van der Waals surface area contributed by atoms with Crippen LogP contribution in [0.4, 0.5) is 17.6 Å². The first-order valence-corrected chi connectivity index (χ1v) is 8.37. The summed E-state index contributed by atoms with van der Waals surface area (Å²) >= 11 is 0. The summed E-state index contributed by atoms with van der Waals surface area (Å²) in [6.07, 6.45) is 0.268. The number of para-hydroxylation sites is 1. The van der Waals surface area contributed by atoms with E-state index in [4.69, 9.17) is 9.47 Å². The third-order valence-electron chi connectivity index (χ3n) is 3.79. The van der Waals surface area contributed by atoms with Crippen LogP contribution in [0.25, 0.3) is 0 Å². The second kappa shape index (κ2) is 10.4. The highest BCUT2D eigenvalue weighted by Gasteiger charge is 2.20. The maximum Gasteiger partial charge on any atom is 0.387 e. The molecular formula is C19H19F4NO5. The fourth-order valence-electron chi connectivity index (χ4n) is 2.55. The van der Waals surface area contributed by atoms with Gasteiger partial charge in [0, 0.05) is 6.54 Å². The Hall–Kier alpha value is -3.17. The molecule has 0 atom stereocenters. The van der Waals surface area contributed by atoms with Gasteiger partial charge in [-0.3, -0.25) is 4.79 Å². The highest BCUT2D eigenvalue weighted by molar-refractivity contribution is 5.97. The molecule has 1 amide bonds. The minimum atomic E-state index is -3.13. The number of carbonyl (C=O) groups is 1. The van der Waals surface area contributed by atoms with Gasteiger partial charge in [-0.15, -0.1) is 0 Å². The topological polar surface area (TPSA) is 66.0 Å². The molecule has 0 aliphatic rings. The summed E-state index contributed by atoms with van der Waals surface area (Å²) in [6.45, 7) is -6.05. The van der Waals surface area contributed by atoms with E-state index in [0.29, 0.717) is 5.56 Å². The fraction of sp³-hybridized carbons (Fsp3) is 0.316. The lowest BCUT2D eigenvalue weighted by atomic mass is 10.1. The molecule has 2 aromatic carbocycles. The number of hydrogen-bond donors (Lipinski definition) is 1. The van der Waals surface area contributed by atoms with Gasteiger partial charge in [0.2, 0.25) is 0 Å². The average molecular weight is 417 g/mol. The Kier molecular flexibility index (Phi) is 7.93. The molecule has 0 saturated carbocycles. The monoisotopic (exact) mass is 417 g/mol. The Morgan fingerprint density at radius 2 is 1.62 bits per heavy atom. The molecule has 0 unspecified atom stereocenters. The molecule has 0 heterocycles. The average Bonchev–Trinajstić information content (AvgIpc) is 2.67. The van der Waals surface area contributed by atoms with Gasteiger partial charge in [-0.1, -0.05) is 12.1 Å². The molecule has 6 nitrogen and oxygen atoms in total. The number of carbonyl (C=O) groups excluding carboxylic acids is 1. The summed E-state index contributed by atoms with van der Waals surface area (Å²) in [7, 11) is 2.58. The molecule has 0 radical (unpaired) electrons. The Labute approximate surface area is 164 Å². The summed E-state index contributed by atoms with van der Waals surface area (Å²) in [5.74, 6) is -1.03. The summed E-state index contributed by atoms with van der Waals surface area (Å²) in [5.41, 5.74) is 0.470. The number of ether oxygens (including phenoxy) is 4. The van der Waals surface area contributed by atoms with Crippen LogP contribution in [0.3, 0.4) is 0 Å². The number of methoxy groups -OCH3 is 2. The number of benzene rings is 2. The van der Waals surface area contributed by atoms with Crippen molar-refractivity contribution >= 4 is 5.91 Å². The van der Waals surface area contributed by atoms with E-state index in [1.165, 1.54) is 44.6 Å². The molecule has 10 heteroatoms. The highest BCUT2D eigenvalue weighted by atomic mass is 19.3. The van der Waals surface area contributed by atoms with Crippen molar-refractivity contribution in [3.05, 3.63) is 47.5 Å². The molecule has 0 bridgehead atoms. The van der Waals surface area contributed by atoms with Gasteiger partial charge in [0.05, 0.1) is 19.8 Å². The largest absolute Gasteiger partial charge is 0.493 e. The summed E-state index contributed by atoms with van der Waals surface area (Å²) in [5, 5.41) is 2.56. The number of amides is 1. The Morgan fingerprint density at radius 1 is 0.931 bits per heavy atom. The third-order valence-corrected chi connectivity index (χ3v) is 3.79. The lowest BCUT2D eigenvalue weighted by Crippen LogP contribution is -2.26. The number of nitrogens with one attached hydrogen (secondary N) is 1. The van der Waals surface area contributed by atoms with Gasteiger partial charge < -0.3 is 24.3 Å². The van der Waals surface area contributed by atoms with Crippen LogP contribution in [0, 0.1) is 0 Å². The first-order chi connectivity index (χ1) is 13.8. The van der Waals surface area contributed by atoms with Crippen LogP contribution >= 0.6 is 0 Å². The van der Waals surface area contributed by atoms with Crippen molar-refractivity contribution in [3.63, 3.8) is 0 Å². The van der Waals surface area contributed by atoms with Gasteiger partial charge >= 0.3 is 13.2 Å². The number of alkyl halides is 4. The van der Waals surface area contributed by atoms with Crippen molar-refractivity contribution in [2.24, 2.45) is 0 Å². The smallest absolute Gasteiger partial charge is 0.387 e. The Morgan fingerprint density at radius 3 is 2.24 bits per heavy atom. The van der Waals surface area contributed by atoms with Crippen LogP contribution in [0.15, 0.2) is 36.4 Å². The molecule has 0 spiro atoms. The SMILES string of the molecule is COc1ccc(CCNC(=O)c2cccc(OC)c2OC(F)F)cc1OC(F)F.